The van der Waals surface area contributed by atoms with Crippen molar-refractivity contribution in [2.45, 2.75) is 45.3 Å². The maximum atomic E-state index is 6.19. The molecule has 3 heterocycles. The van der Waals surface area contributed by atoms with Gasteiger partial charge in [0.15, 0.2) is 0 Å². The molecule has 5 rings (SSSR count). The third kappa shape index (κ3) is 4.96. The highest BCUT2D eigenvalue weighted by atomic mass is 16.5. The van der Waals surface area contributed by atoms with Gasteiger partial charge in [0.05, 0.1) is 12.6 Å². The van der Waals surface area contributed by atoms with Crippen molar-refractivity contribution in [3.8, 4) is 0 Å². The van der Waals surface area contributed by atoms with Crippen LogP contribution in [0, 0.1) is 6.92 Å². The zero-order valence-electron chi connectivity index (χ0n) is 19.6. The molecule has 172 valence electrons. The van der Waals surface area contributed by atoms with Gasteiger partial charge in [-0.2, -0.15) is 9.97 Å². The van der Waals surface area contributed by atoms with Crippen LogP contribution in [0.2, 0.25) is 0 Å². The fourth-order valence-electron chi connectivity index (χ4n) is 4.77. The molecule has 6 nitrogen and oxygen atoms in total. The molecule has 0 amide bonds. The van der Waals surface area contributed by atoms with E-state index in [2.05, 4.69) is 83.6 Å². The number of hydrogen-bond donors (Lipinski definition) is 1. The van der Waals surface area contributed by atoms with Gasteiger partial charge in [0.2, 0.25) is 5.95 Å². The number of hydrogen-bond acceptors (Lipinski definition) is 6. The van der Waals surface area contributed by atoms with E-state index in [4.69, 9.17) is 14.7 Å². The van der Waals surface area contributed by atoms with Crippen molar-refractivity contribution in [2.75, 3.05) is 41.4 Å². The maximum absolute atomic E-state index is 6.19. The van der Waals surface area contributed by atoms with Crippen molar-refractivity contribution in [3.05, 3.63) is 71.8 Å². The molecular weight excluding hydrogens is 410 g/mol. The van der Waals surface area contributed by atoms with Crippen LogP contribution in [-0.2, 0) is 4.74 Å². The van der Waals surface area contributed by atoms with Crippen molar-refractivity contribution in [1.82, 2.24) is 9.97 Å². The van der Waals surface area contributed by atoms with E-state index in [0.29, 0.717) is 6.61 Å². The van der Waals surface area contributed by atoms with Crippen LogP contribution in [0.25, 0.3) is 0 Å². The first-order valence-electron chi connectivity index (χ1n) is 12.1. The molecule has 0 aliphatic carbocycles. The molecule has 1 aromatic heterocycles. The molecule has 3 aromatic rings. The molecule has 6 heteroatoms. The lowest BCUT2D eigenvalue weighted by molar-refractivity contribution is 0.0139. The van der Waals surface area contributed by atoms with Gasteiger partial charge in [-0.1, -0.05) is 48.0 Å². The Kier molecular flexibility index (Phi) is 6.44. The molecule has 2 saturated heterocycles. The molecule has 0 spiro atoms. The summed E-state index contributed by atoms with van der Waals surface area (Å²) in [6.07, 6.45) is 3.71. The van der Waals surface area contributed by atoms with Gasteiger partial charge >= 0.3 is 0 Å². The number of benzene rings is 2. The first-order chi connectivity index (χ1) is 16.2. The third-order valence-electron chi connectivity index (χ3n) is 6.65. The second-order valence-corrected chi connectivity index (χ2v) is 9.09. The van der Waals surface area contributed by atoms with Crippen molar-refractivity contribution in [1.29, 1.82) is 0 Å². The molecule has 2 aliphatic rings. The Balaban J connectivity index is 1.47. The average Bonchev–Trinajstić information content (AvgIpc) is 2.86. The molecule has 0 bridgehead atoms. The van der Waals surface area contributed by atoms with Crippen LogP contribution in [0.1, 0.15) is 43.4 Å². The van der Waals surface area contributed by atoms with Gasteiger partial charge < -0.3 is 19.9 Å². The van der Waals surface area contributed by atoms with Crippen molar-refractivity contribution in [3.63, 3.8) is 0 Å². The molecule has 1 N–H and O–H groups in total. The highest BCUT2D eigenvalue weighted by molar-refractivity contribution is 5.62. The minimum absolute atomic E-state index is 0.00398. The second-order valence-electron chi connectivity index (χ2n) is 9.09. The molecular formula is C27H33N5O. The lowest BCUT2D eigenvalue weighted by atomic mass is 10.0. The largest absolute Gasteiger partial charge is 0.370 e. The molecule has 2 unspecified atom stereocenters. The van der Waals surface area contributed by atoms with Crippen LogP contribution in [0.5, 0.6) is 0 Å². The van der Waals surface area contributed by atoms with Gasteiger partial charge in [-0.3, -0.25) is 0 Å². The van der Waals surface area contributed by atoms with E-state index in [1.165, 1.54) is 30.4 Å². The van der Waals surface area contributed by atoms with Gasteiger partial charge in [-0.05, 0) is 50.8 Å². The lowest BCUT2D eigenvalue weighted by Crippen LogP contribution is -2.46. The Labute approximate surface area is 196 Å². The standard InChI is InChI=1S/C27H33N5O/c1-20-11-13-23(14-12-20)28-24-19-25(31-15-7-4-8-16-31)30-27(29-24)32-17-18-33-26(21(32)2)22-9-5-3-6-10-22/h3,5-6,9-14,19,21,26H,4,7-8,15-18H2,1-2H3,(H,28,29,30). The summed E-state index contributed by atoms with van der Waals surface area (Å²) in [7, 11) is 0. The predicted octanol–water partition coefficient (Wildman–Crippen LogP) is 5.49. The number of rotatable bonds is 5. The fourth-order valence-corrected chi connectivity index (χ4v) is 4.77. The smallest absolute Gasteiger partial charge is 0.229 e. The molecule has 2 fully saturated rings. The summed E-state index contributed by atoms with van der Waals surface area (Å²) in [5, 5.41) is 3.51. The molecule has 33 heavy (non-hydrogen) atoms. The Morgan fingerprint density at radius 1 is 0.909 bits per heavy atom. The number of piperidine rings is 1. The van der Waals surface area contributed by atoms with Crippen LogP contribution in [0.4, 0.5) is 23.3 Å². The minimum Gasteiger partial charge on any atom is -0.370 e. The number of nitrogens with one attached hydrogen (secondary N) is 1. The first kappa shape index (κ1) is 21.7. The Hall–Kier alpha value is -3.12. The monoisotopic (exact) mass is 443 g/mol. The van der Waals surface area contributed by atoms with Gasteiger partial charge in [-0.25, -0.2) is 0 Å². The third-order valence-corrected chi connectivity index (χ3v) is 6.65. The molecule has 2 aliphatic heterocycles. The van der Waals surface area contributed by atoms with Crippen molar-refractivity contribution >= 4 is 23.3 Å². The summed E-state index contributed by atoms with van der Waals surface area (Å²) in [5.41, 5.74) is 3.47. The van der Waals surface area contributed by atoms with Gasteiger partial charge in [0, 0.05) is 31.4 Å². The average molecular weight is 444 g/mol. The Morgan fingerprint density at radius 2 is 1.67 bits per heavy atom. The van der Waals surface area contributed by atoms with Crippen molar-refractivity contribution < 1.29 is 4.74 Å². The van der Waals surface area contributed by atoms with E-state index < -0.39 is 0 Å². The summed E-state index contributed by atoms with van der Waals surface area (Å²) in [6, 6.07) is 21.1. The summed E-state index contributed by atoms with van der Waals surface area (Å²) in [6.45, 7) is 7.84. The number of ether oxygens (including phenoxy) is 1. The number of nitrogens with zero attached hydrogens (tertiary/aromatic N) is 4. The zero-order chi connectivity index (χ0) is 22.6. The summed E-state index contributed by atoms with van der Waals surface area (Å²) >= 11 is 0. The van der Waals surface area contributed by atoms with E-state index in [1.54, 1.807) is 0 Å². The predicted molar refractivity (Wildman–Crippen MR) is 135 cm³/mol. The van der Waals surface area contributed by atoms with Crippen LogP contribution in [0.15, 0.2) is 60.7 Å². The molecule has 2 atom stereocenters. The zero-order valence-corrected chi connectivity index (χ0v) is 19.6. The van der Waals surface area contributed by atoms with Crippen molar-refractivity contribution in [2.24, 2.45) is 0 Å². The molecule has 0 saturated carbocycles. The maximum Gasteiger partial charge on any atom is 0.229 e. The van der Waals surface area contributed by atoms with Gasteiger partial charge in [-0.15, -0.1) is 0 Å². The minimum atomic E-state index is -0.00398. The van der Waals surface area contributed by atoms with Gasteiger partial charge in [0.1, 0.15) is 17.7 Å². The first-order valence-corrected chi connectivity index (χ1v) is 12.1. The number of aromatic nitrogens is 2. The van der Waals surface area contributed by atoms with Crippen LogP contribution in [0.3, 0.4) is 0 Å². The van der Waals surface area contributed by atoms with E-state index in [1.807, 2.05) is 6.07 Å². The summed E-state index contributed by atoms with van der Waals surface area (Å²) in [5.74, 6) is 2.60. The summed E-state index contributed by atoms with van der Waals surface area (Å²) in [4.78, 5) is 14.7. The number of anilines is 4. The van der Waals surface area contributed by atoms with Gasteiger partial charge in [0.25, 0.3) is 0 Å². The number of aryl methyl sites for hydroxylation is 1. The lowest BCUT2D eigenvalue weighted by Gasteiger charge is -2.40. The Bertz CT molecular complexity index is 1050. The van der Waals surface area contributed by atoms with E-state index in [0.717, 1.165) is 42.9 Å². The van der Waals surface area contributed by atoms with Crippen LogP contribution in [-0.4, -0.2) is 42.3 Å². The highest BCUT2D eigenvalue weighted by Gasteiger charge is 2.32. The quantitative estimate of drug-likeness (QED) is 0.563. The SMILES string of the molecule is Cc1ccc(Nc2cc(N3CCCCC3)nc(N3CCOC(c4ccccc4)C3C)n2)cc1. The topological polar surface area (TPSA) is 53.5 Å². The molecule has 0 radical (unpaired) electrons. The van der Waals surface area contributed by atoms with E-state index in [9.17, 15) is 0 Å². The van der Waals surface area contributed by atoms with Crippen LogP contribution >= 0.6 is 0 Å². The summed E-state index contributed by atoms with van der Waals surface area (Å²) < 4.78 is 6.19. The molecule has 2 aromatic carbocycles. The van der Waals surface area contributed by atoms with E-state index >= 15 is 0 Å². The Morgan fingerprint density at radius 3 is 2.42 bits per heavy atom. The second kappa shape index (κ2) is 9.79. The van der Waals surface area contributed by atoms with Crippen LogP contribution < -0.4 is 15.1 Å². The van der Waals surface area contributed by atoms with E-state index in [-0.39, 0.29) is 12.1 Å². The number of morpholine rings is 1. The normalized spacial score (nSPS) is 21.2. The highest BCUT2D eigenvalue weighted by Crippen LogP contribution is 2.32. The fraction of sp³-hybridized carbons (Fsp3) is 0.407.